The summed E-state index contributed by atoms with van der Waals surface area (Å²) in [6, 6.07) is 18.4. The summed E-state index contributed by atoms with van der Waals surface area (Å²) in [5, 5.41) is 25.5. The third-order valence-electron chi connectivity index (χ3n) is 10.9. The molecule has 0 aliphatic heterocycles. The molecule has 1 aliphatic carbocycles. The summed E-state index contributed by atoms with van der Waals surface area (Å²) >= 11 is 0. The van der Waals surface area contributed by atoms with E-state index in [4.69, 9.17) is 22.9 Å². The number of rotatable bonds is 24. The fourth-order valence-electron chi connectivity index (χ4n) is 7.26. The van der Waals surface area contributed by atoms with Crippen LogP contribution in [0.25, 0.3) is 0 Å². The second kappa shape index (κ2) is 23.4. The molecule has 0 heterocycles. The first-order chi connectivity index (χ1) is 30.4. The molecule has 15 N–H and O–H groups in total. The normalized spacial score (nSPS) is 17.5. The molecule has 0 bridgehead atoms. The Kier molecular flexibility index (Phi) is 18.2. The molecule has 0 spiro atoms. The Bertz CT molecular complexity index is 2120. The van der Waals surface area contributed by atoms with Crippen molar-refractivity contribution in [2.24, 2.45) is 39.8 Å². The van der Waals surface area contributed by atoms with Crippen LogP contribution in [0.2, 0.25) is 0 Å². The first-order valence-corrected chi connectivity index (χ1v) is 21.1. The van der Waals surface area contributed by atoms with Gasteiger partial charge < -0.3 is 59.9 Å². The molecular weight excluding hydrogens is 823 g/mol. The van der Waals surface area contributed by atoms with Crippen LogP contribution in [0, 0.1) is 11.8 Å². The number of hydrogen-bond acceptors (Lipinski definition) is 10. The van der Waals surface area contributed by atoms with E-state index in [1.54, 1.807) is 66.7 Å². The van der Waals surface area contributed by atoms with Crippen molar-refractivity contribution in [3.05, 3.63) is 102 Å². The SMILES string of the molecule is CC(C)[C@@H]1C[C@]1(NC(=O)[C@H](Cc1ccccc1)NC(=O)[C@@H](C)NC(=O)CNC(=O)[C@@H](N)Cc1ccc(O)cc1)C(=O)N[C@@H](CCCN=C(N)N)C(=O)N[C@@H](Cc1ccccc1)C(N)=O. The Hall–Kier alpha value is -7.02. The fourth-order valence-corrected chi connectivity index (χ4v) is 7.26. The summed E-state index contributed by atoms with van der Waals surface area (Å²) < 4.78 is 0. The lowest BCUT2D eigenvalue weighted by Gasteiger charge is -2.28. The minimum absolute atomic E-state index is 0.0177. The lowest BCUT2D eigenvalue weighted by molar-refractivity contribution is -0.136. The van der Waals surface area contributed by atoms with E-state index >= 15 is 0 Å². The van der Waals surface area contributed by atoms with Crippen LogP contribution >= 0.6 is 0 Å². The van der Waals surface area contributed by atoms with Crippen molar-refractivity contribution in [1.82, 2.24) is 31.9 Å². The third kappa shape index (κ3) is 15.1. The molecule has 1 aliphatic rings. The Balaban J connectivity index is 1.46. The van der Waals surface area contributed by atoms with Gasteiger partial charge in [-0.3, -0.25) is 38.6 Å². The van der Waals surface area contributed by atoms with Crippen LogP contribution in [0.15, 0.2) is 89.9 Å². The maximum atomic E-state index is 14.4. The number of benzene rings is 3. The standard InChI is InChI=1S/C45H61N11O8/c1-26(2)32-24-45(32,43(64)55-34(15-10-20-50-44(48)49)41(62)53-35(38(47)59)22-28-11-6-4-7-12-28)56-42(63)36(23-29-13-8-5-9-14-29)54-39(60)27(3)52-37(58)25-51-40(61)33(46)21-30-16-18-31(57)19-17-30/h4-9,11-14,16-19,26-27,32-36,57H,10,15,20-25,46H2,1-3H3,(H2,47,59)(H,51,61)(H,52,58)(H,53,62)(H,54,60)(H,55,64)(H,56,63)(H4,48,49,50)/t27-,32+,33+,34+,35+,36+,45-/m1/s1. The molecule has 0 unspecified atom stereocenters. The van der Waals surface area contributed by atoms with E-state index < -0.39 is 83.6 Å². The fraction of sp³-hybridized carbons (Fsp3) is 0.422. The third-order valence-corrected chi connectivity index (χ3v) is 10.9. The van der Waals surface area contributed by atoms with Gasteiger partial charge in [-0.2, -0.15) is 0 Å². The molecule has 344 valence electrons. The molecular formula is C45H61N11O8. The predicted molar refractivity (Wildman–Crippen MR) is 239 cm³/mol. The number of nitrogens with two attached hydrogens (primary N) is 4. The first-order valence-electron chi connectivity index (χ1n) is 21.1. The average Bonchev–Trinajstić information content (AvgIpc) is 4.00. The van der Waals surface area contributed by atoms with E-state index in [9.17, 15) is 38.7 Å². The van der Waals surface area contributed by atoms with Gasteiger partial charge in [-0.15, -0.1) is 0 Å². The number of carbonyl (C=O) groups excluding carboxylic acids is 7. The van der Waals surface area contributed by atoms with Crippen molar-refractivity contribution in [2.75, 3.05) is 13.1 Å². The van der Waals surface area contributed by atoms with Gasteiger partial charge in [0.2, 0.25) is 41.4 Å². The van der Waals surface area contributed by atoms with Crippen LogP contribution in [0.4, 0.5) is 0 Å². The number of phenols is 1. The number of carbonyl (C=O) groups is 7. The summed E-state index contributed by atoms with van der Waals surface area (Å²) in [5.41, 5.74) is 23.3. The van der Waals surface area contributed by atoms with Crippen LogP contribution in [-0.4, -0.2) is 101 Å². The molecule has 0 aromatic heterocycles. The maximum absolute atomic E-state index is 14.4. The average molecular weight is 884 g/mol. The molecule has 0 radical (unpaired) electrons. The van der Waals surface area contributed by atoms with Gasteiger partial charge in [-0.1, -0.05) is 86.6 Å². The van der Waals surface area contributed by atoms with E-state index in [1.165, 1.54) is 19.1 Å². The molecule has 3 aromatic rings. The van der Waals surface area contributed by atoms with Crippen LogP contribution < -0.4 is 54.8 Å². The highest BCUT2D eigenvalue weighted by atomic mass is 16.3. The van der Waals surface area contributed by atoms with Crippen molar-refractivity contribution in [2.45, 2.75) is 95.0 Å². The van der Waals surface area contributed by atoms with Crippen molar-refractivity contribution >= 4 is 47.3 Å². The van der Waals surface area contributed by atoms with E-state index in [2.05, 4.69) is 36.9 Å². The molecule has 3 aromatic carbocycles. The molecule has 19 heteroatoms. The number of amides is 7. The first kappa shape index (κ1) is 49.6. The van der Waals surface area contributed by atoms with Crippen LogP contribution in [0.3, 0.4) is 0 Å². The summed E-state index contributed by atoms with van der Waals surface area (Å²) in [6.45, 7) is 4.87. The molecule has 0 saturated heterocycles. The number of nitrogens with zero attached hydrogens (tertiary/aromatic N) is 1. The Morgan fingerprint density at radius 3 is 1.80 bits per heavy atom. The second-order valence-electron chi connectivity index (χ2n) is 16.4. The summed E-state index contributed by atoms with van der Waals surface area (Å²) in [6.07, 6.45) is 0.839. The smallest absolute Gasteiger partial charge is 0.246 e. The van der Waals surface area contributed by atoms with Gasteiger partial charge >= 0.3 is 0 Å². The summed E-state index contributed by atoms with van der Waals surface area (Å²) in [4.78, 5) is 98.0. The lowest BCUT2D eigenvalue weighted by Crippen LogP contribution is -2.61. The molecule has 4 rings (SSSR count). The Labute approximate surface area is 372 Å². The molecule has 7 amide bonds. The predicted octanol–water partition coefficient (Wildman–Crippen LogP) is -1.11. The molecule has 7 atom stereocenters. The summed E-state index contributed by atoms with van der Waals surface area (Å²) in [5.74, 6) is -5.32. The minimum Gasteiger partial charge on any atom is -0.508 e. The van der Waals surface area contributed by atoms with Crippen LogP contribution in [0.5, 0.6) is 5.75 Å². The molecule has 1 fully saturated rings. The maximum Gasteiger partial charge on any atom is 0.246 e. The van der Waals surface area contributed by atoms with Gasteiger partial charge in [0.25, 0.3) is 0 Å². The van der Waals surface area contributed by atoms with Crippen LogP contribution in [-0.2, 0) is 52.8 Å². The zero-order valence-corrected chi connectivity index (χ0v) is 36.3. The second-order valence-corrected chi connectivity index (χ2v) is 16.4. The van der Waals surface area contributed by atoms with Gasteiger partial charge in [0, 0.05) is 19.4 Å². The van der Waals surface area contributed by atoms with Crippen LogP contribution in [0.1, 0.15) is 56.7 Å². The van der Waals surface area contributed by atoms with Crippen molar-refractivity contribution < 1.29 is 38.7 Å². The number of aromatic hydroxyl groups is 1. The zero-order chi connectivity index (χ0) is 47.0. The lowest BCUT2D eigenvalue weighted by atomic mass is 10.00. The number of aliphatic imine (C=N–C) groups is 1. The van der Waals surface area contributed by atoms with Crippen molar-refractivity contribution in [1.29, 1.82) is 0 Å². The van der Waals surface area contributed by atoms with E-state index in [1.807, 2.05) is 19.9 Å². The van der Waals surface area contributed by atoms with Crippen molar-refractivity contribution in [3.8, 4) is 5.75 Å². The van der Waals surface area contributed by atoms with Gasteiger partial charge in [-0.05, 0) is 73.3 Å². The molecule has 19 nitrogen and oxygen atoms in total. The quantitative estimate of drug-likeness (QED) is 0.0291. The monoisotopic (exact) mass is 883 g/mol. The topological polar surface area (TPSA) is 328 Å². The highest BCUT2D eigenvalue weighted by molar-refractivity contribution is 6.00. The highest BCUT2D eigenvalue weighted by Crippen LogP contribution is 2.49. The Morgan fingerprint density at radius 2 is 1.25 bits per heavy atom. The van der Waals surface area contributed by atoms with Gasteiger partial charge in [0.1, 0.15) is 35.5 Å². The minimum atomic E-state index is -1.47. The van der Waals surface area contributed by atoms with Gasteiger partial charge in [-0.25, -0.2) is 0 Å². The summed E-state index contributed by atoms with van der Waals surface area (Å²) in [7, 11) is 0. The number of nitrogens with one attached hydrogen (secondary N) is 6. The van der Waals surface area contributed by atoms with Gasteiger partial charge in [0.15, 0.2) is 5.96 Å². The number of phenolic OH excluding ortho intramolecular Hbond substituents is 1. The number of primary amides is 1. The van der Waals surface area contributed by atoms with E-state index in [0.29, 0.717) is 11.1 Å². The van der Waals surface area contributed by atoms with E-state index in [-0.39, 0.29) is 68.6 Å². The molecule has 64 heavy (non-hydrogen) atoms. The largest absolute Gasteiger partial charge is 0.508 e. The highest BCUT2D eigenvalue weighted by Gasteiger charge is 2.62. The number of guanidine groups is 1. The van der Waals surface area contributed by atoms with Crippen molar-refractivity contribution in [3.63, 3.8) is 0 Å². The van der Waals surface area contributed by atoms with E-state index in [0.717, 1.165) is 5.56 Å². The molecule has 1 saturated carbocycles. The zero-order valence-electron chi connectivity index (χ0n) is 36.3. The van der Waals surface area contributed by atoms with Gasteiger partial charge in [0.05, 0.1) is 12.6 Å². The number of hydrogen-bond donors (Lipinski definition) is 11. The Morgan fingerprint density at radius 1 is 0.688 bits per heavy atom.